The molecule has 0 bridgehead atoms. The average molecular weight is 282 g/mol. The van der Waals surface area contributed by atoms with Gasteiger partial charge in [-0.1, -0.05) is 13.0 Å². The summed E-state index contributed by atoms with van der Waals surface area (Å²) < 4.78 is 16.2. The predicted octanol–water partition coefficient (Wildman–Crippen LogP) is 3.19. The van der Waals surface area contributed by atoms with Crippen molar-refractivity contribution in [3.8, 4) is 11.5 Å². The minimum absolute atomic E-state index is 0.303. The van der Waals surface area contributed by atoms with Gasteiger partial charge in [0.05, 0.1) is 19.3 Å². The van der Waals surface area contributed by atoms with Crippen LogP contribution in [0, 0.1) is 5.92 Å². The van der Waals surface area contributed by atoms with Crippen LogP contribution in [-0.4, -0.2) is 32.0 Å². The van der Waals surface area contributed by atoms with Crippen molar-refractivity contribution in [2.75, 3.05) is 26.9 Å². The van der Waals surface area contributed by atoms with E-state index < -0.39 is 6.10 Å². The van der Waals surface area contributed by atoms with Gasteiger partial charge in [0.2, 0.25) is 0 Å². The molecular formula is C16H26O4. The van der Waals surface area contributed by atoms with Crippen molar-refractivity contribution >= 4 is 0 Å². The zero-order valence-electron chi connectivity index (χ0n) is 12.9. The van der Waals surface area contributed by atoms with Crippen LogP contribution in [0.1, 0.15) is 38.9 Å². The molecule has 114 valence electrons. The number of benzene rings is 1. The van der Waals surface area contributed by atoms with E-state index in [0.29, 0.717) is 37.9 Å². The summed E-state index contributed by atoms with van der Waals surface area (Å²) in [6.07, 6.45) is 0.142. The third kappa shape index (κ3) is 5.02. The summed E-state index contributed by atoms with van der Waals surface area (Å²) >= 11 is 0. The zero-order chi connectivity index (χ0) is 15.0. The fourth-order valence-electron chi connectivity index (χ4n) is 2.14. The SMILES string of the molecule is CCOc1ccc(C(O)CC(C)COC)cc1OCC. The first kappa shape index (κ1) is 16.8. The number of aliphatic hydroxyl groups excluding tert-OH is 1. The van der Waals surface area contributed by atoms with Crippen molar-refractivity contribution in [1.82, 2.24) is 0 Å². The van der Waals surface area contributed by atoms with E-state index in [4.69, 9.17) is 14.2 Å². The van der Waals surface area contributed by atoms with Gasteiger partial charge < -0.3 is 19.3 Å². The van der Waals surface area contributed by atoms with E-state index in [9.17, 15) is 5.11 Å². The van der Waals surface area contributed by atoms with E-state index in [1.165, 1.54) is 0 Å². The minimum atomic E-state index is -0.518. The number of hydrogen-bond acceptors (Lipinski definition) is 4. The molecule has 0 spiro atoms. The molecular weight excluding hydrogens is 256 g/mol. The second kappa shape index (κ2) is 8.82. The first-order valence-corrected chi connectivity index (χ1v) is 7.18. The van der Waals surface area contributed by atoms with Crippen molar-refractivity contribution in [2.24, 2.45) is 5.92 Å². The number of methoxy groups -OCH3 is 1. The van der Waals surface area contributed by atoms with E-state index in [1.54, 1.807) is 7.11 Å². The zero-order valence-corrected chi connectivity index (χ0v) is 12.9. The van der Waals surface area contributed by atoms with Crippen LogP contribution >= 0.6 is 0 Å². The van der Waals surface area contributed by atoms with Crippen LogP contribution in [0.5, 0.6) is 11.5 Å². The Morgan fingerprint density at radius 3 is 2.35 bits per heavy atom. The van der Waals surface area contributed by atoms with Gasteiger partial charge in [0.1, 0.15) is 0 Å². The highest BCUT2D eigenvalue weighted by molar-refractivity contribution is 5.43. The topological polar surface area (TPSA) is 47.9 Å². The molecule has 0 amide bonds. The van der Waals surface area contributed by atoms with Crippen molar-refractivity contribution in [1.29, 1.82) is 0 Å². The molecule has 0 saturated carbocycles. The van der Waals surface area contributed by atoms with Crippen molar-refractivity contribution in [2.45, 2.75) is 33.3 Å². The van der Waals surface area contributed by atoms with Crippen molar-refractivity contribution in [3.63, 3.8) is 0 Å². The van der Waals surface area contributed by atoms with Crippen LogP contribution in [0.2, 0.25) is 0 Å². The highest BCUT2D eigenvalue weighted by Gasteiger charge is 2.15. The molecule has 1 N–H and O–H groups in total. The molecule has 4 heteroatoms. The van der Waals surface area contributed by atoms with E-state index in [1.807, 2.05) is 32.0 Å². The molecule has 0 aliphatic heterocycles. The second-order valence-electron chi connectivity index (χ2n) is 4.88. The standard InChI is InChI=1S/C16H26O4/c1-5-19-15-8-7-13(10-16(15)20-6-2)14(17)9-12(3)11-18-4/h7-8,10,12,14,17H,5-6,9,11H2,1-4H3. The van der Waals surface area contributed by atoms with Gasteiger partial charge in [0.15, 0.2) is 11.5 Å². The van der Waals surface area contributed by atoms with E-state index in [2.05, 4.69) is 6.92 Å². The van der Waals surface area contributed by atoms with Gasteiger partial charge in [-0.05, 0) is 43.9 Å². The first-order chi connectivity index (χ1) is 9.62. The molecule has 0 aliphatic carbocycles. The van der Waals surface area contributed by atoms with Crippen LogP contribution in [0.4, 0.5) is 0 Å². The summed E-state index contributed by atoms with van der Waals surface area (Å²) in [7, 11) is 1.67. The number of aliphatic hydroxyl groups is 1. The Bertz CT molecular complexity index is 392. The number of hydrogen-bond donors (Lipinski definition) is 1. The molecule has 2 unspecified atom stereocenters. The van der Waals surface area contributed by atoms with E-state index in [0.717, 1.165) is 11.3 Å². The van der Waals surface area contributed by atoms with Gasteiger partial charge >= 0.3 is 0 Å². The molecule has 0 saturated heterocycles. The van der Waals surface area contributed by atoms with Gasteiger partial charge in [-0.15, -0.1) is 0 Å². The van der Waals surface area contributed by atoms with Gasteiger partial charge in [-0.25, -0.2) is 0 Å². The van der Waals surface area contributed by atoms with Gasteiger partial charge in [0, 0.05) is 13.7 Å². The van der Waals surface area contributed by atoms with Crippen molar-refractivity contribution < 1.29 is 19.3 Å². The normalized spacial score (nSPS) is 13.8. The smallest absolute Gasteiger partial charge is 0.161 e. The Labute approximate surface area is 121 Å². The van der Waals surface area contributed by atoms with Gasteiger partial charge in [0.25, 0.3) is 0 Å². The second-order valence-corrected chi connectivity index (χ2v) is 4.88. The molecule has 1 aromatic rings. The monoisotopic (exact) mass is 282 g/mol. The summed E-state index contributed by atoms with van der Waals surface area (Å²) in [6, 6.07) is 5.60. The van der Waals surface area contributed by atoms with Gasteiger partial charge in [-0.3, -0.25) is 0 Å². The fourth-order valence-corrected chi connectivity index (χ4v) is 2.14. The highest BCUT2D eigenvalue weighted by Crippen LogP contribution is 2.32. The molecule has 1 rings (SSSR count). The molecule has 20 heavy (non-hydrogen) atoms. The highest BCUT2D eigenvalue weighted by atomic mass is 16.5. The lowest BCUT2D eigenvalue weighted by molar-refractivity contribution is 0.101. The molecule has 0 aromatic heterocycles. The number of ether oxygens (including phenoxy) is 3. The Kier molecular flexibility index (Phi) is 7.41. The maximum Gasteiger partial charge on any atom is 0.161 e. The quantitative estimate of drug-likeness (QED) is 0.755. The minimum Gasteiger partial charge on any atom is -0.490 e. The average Bonchev–Trinajstić information content (AvgIpc) is 2.41. The lowest BCUT2D eigenvalue weighted by Gasteiger charge is -2.18. The lowest BCUT2D eigenvalue weighted by Crippen LogP contribution is -2.10. The maximum absolute atomic E-state index is 10.3. The van der Waals surface area contributed by atoms with Gasteiger partial charge in [-0.2, -0.15) is 0 Å². The fraction of sp³-hybridized carbons (Fsp3) is 0.625. The maximum atomic E-state index is 10.3. The van der Waals surface area contributed by atoms with Crippen LogP contribution < -0.4 is 9.47 Å². The Balaban J connectivity index is 2.81. The molecule has 0 heterocycles. The summed E-state index contributed by atoms with van der Waals surface area (Å²) in [5, 5.41) is 10.3. The Hall–Kier alpha value is -1.26. The van der Waals surface area contributed by atoms with Crippen LogP contribution in [0.25, 0.3) is 0 Å². The third-order valence-electron chi connectivity index (χ3n) is 3.03. The van der Waals surface area contributed by atoms with Crippen LogP contribution in [0.3, 0.4) is 0 Å². The molecule has 1 aromatic carbocycles. The van der Waals surface area contributed by atoms with Crippen LogP contribution in [0.15, 0.2) is 18.2 Å². The summed E-state index contributed by atoms with van der Waals surface area (Å²) in [4.78, 5) is 0. The first-order valence-electron chi connectivity index (χ1n) is 7.18. The van der Waals surface area contributed by atoms with E-state index >= 15 is 0 Å². The summed E-state index contributed by atoms with van der Waals surface area (Å²) in [5.74, 6) is 1.71. The predicted molar refractivity (Wildman–Crippen MR) is 79.4 cm³/mol. The third-order valence-corrected chi connectivity index (χ3v) is 3.03. The van der Waals surface area contributed by atoms with Crippen LogP contribution in [-0.2, 0) is 4.74 Å². The summed E-state index contributed by atoms with van der Waals surface area (Å²) in [6.45, 7) is 7.73. The Morgan fingerprint density at radius 1 is 1.10 bits per heavy atom. The lowest BCUT2D eigenvalue weighted by atomic mass is 9.98. The molecule has 0 fully saturated rings. The number of rotatable bonds is 9. The largest absolute Gasteiger partial charge is 0.490 e. The Morgan fingerprint density at radius 2 is 1.75 bits per heavy atom. The van der Waals surface area contributed by atoms with E-state index in [-0.39, 0.29) is 0 Å². The van der Waals surface area contributed by atoms with Crippen molar-refractivity contribution in [3.05, 3.63) is 23.8 Å². The molecule has 2 atom stereocenters. The molecule has 0 radical (unpaired) electrons. The molecule has 4 nitrogen and oxygen atoms in total. The molecule has 0 aliphatic rings. The summed E-state index contributed by atoms with van der Waals surface area (Å²) in [5.41, 5.74) is 0.847.